The molecule has 0 saturated carbocycles. The SMILES string of the molecule is C[C@@H](C(=O)NCCNc1ccccc1[N+](=O)[O-])N1C(=O)c2cc(Cl)c(Cl)cc2C1=O. The Morgan fingerprint density at radius 1 is 1.10 bits per heavy atom. The van der Waals surface area contributed by atoms with Crippen molar-refractivity contribution in [1.29, 1.82) is 0 Å². The number of hydrogen-bond acceptors (Lipinski definition) is 6. The van der Waals surface area contributed by atoms with Crippen molar-refractivity contribution in [2.45, 2.75) is 13.0 Å². The largest absolute Gasteiger partial charge is 0.378 e. The Labute approximate surface area is 181 Å². The van der Waals surface area contributed by atoms with E-state index in [9.17, 15) is 24.5 Å². The summed E-state index contributed by atoms with van der Waals surface area (Å²) in [5.41, 5.74) is 0.415. The van der Waals surface area contributed by atoms with Gasteiger partial charge in [-0.25, -0.2) is 0 Å². The number of nitrogens with one attached hydrogen (secondary N) is 2. The number of nitro groups is 1. The number of carbonyl (C=O) groups excluding carboxylic acids is 3. The molecule has 9 nitrogen and oxygen atoms in total. The van der Waals surface area contributed by atoms with Crippen LogP contribution in [0.3, 0.4) is 0 Å². The first-order valence-corrected chi connectivity index (χ1v) is 9.60. The van der Waals surface area contributed by atoms with E-state index >= 15 is 0 Å². The second kappa shape index (κ2) is 8.68. The first-order valence-electron chi connectivity index (χ1n) is 8.84. The molecule has 0 saturated heterocycles. The molecule has 2 N–H and O–H groups in total. The molecule has 1 atom stereocenters. The fourth-order valence-corrected chi connectivity index (χ4v) is 3.36. The van der Waals surface area contributed by atoms with Gasteiger partial charge < -0.3 is 10.6 Å². The van der Waals surface area contributed by atoms with Gasteiger partial charge in [-0.05, 0) is 25.1 Å². The van der Waals surface area contributed by atoms with Gasteiger partial charge >= 0.3 is 0 Å². The highest BCUT2D eigenvalue weighted by Crippen LogP contribution is 2.32. The molecule has 1 aliphatic rings. The number of hydrogen-bond donors (Lipinski definition) is 2. The number of nitrogens with zero attached hydrogens (tertiary/aromatic N) is 2. The lowest BCUT2D eigenvalue weighted by molar-refractivity contribution is -0.384. The van der Waals surface area contributed by atoms with Crippen LogP contribution in [0.1, 0.15) is 27.6 Å². The van der Waals surface area contributed by atoms with Crippen LogP contribution in [-0.2, 0) is 4.79 Å². The number of para-hydroxylation sites is 2. The van der Waals surface area contributed by atoms with Gasteiger partial charge in [0.15, 0.2) is 0 Å². The van der Waals surface area contributed by atoms with E-state index in [0.717, 1.165) is 4.90 Å². The molecule has 0 bridgehead atoms. The molecular formula is C19H16Cl2N4O5. The third-order valence-electron chi connectivity index (χ3n) is 4.57. The van der Waals surface area contributed by atoms with Crippen LogP contribution in [0.4, 0.5) is 11.4 Å². The normalized spacial score (nSPS) is 13.8. The lowest BCUT2D eigenvalue weighted by Crippen LogP contribution is -2.48. The van der Waals surface area contributed by atoms with Gasteiger partial charge in [0.05, 0.1) is 26.1 Å². The van der Waals surface area contributed by atoms with Crippen molar-refractivity contribution in [3.8, 4) is 0 Å². The zero-order valence-corrected chi connectivity index (χ0v) is 17.2. The second-order valence-corrected chi connectivity index (χ2v) is 7.27. The molecular weight excluding hydrogens is 435 g/mol. The fraction of sp³-hybridized carbons (Fsp3) is 0.211. The van der Waals surface area contributed by atoms with Crippen LogP contribution < -0.4 is 10.6 Å². The number of imide groups is 1. The summed E-state index contributed by atoms with van der Waals surface area (Å²) in [7, 11) is 0. The first kappa shape index (κ1) is 21.5. The van der Waals surface area contributed by atoms with E-state index in [2.05, 4.69) is 10.6 Å². The van der Waals surface area contributed by atoms with E-state index in [1.54, 1.807) is 18.2 Å². The van der Waals surface area contributed by atoms with Gasteiger partial charge in [0.25, 0.3) is 17.5 Å². The summed E-state index contributed by atoms with van der Waals surface area (Å²) in [5.74, 6) is -1.81. The van der Waals surface area contributed by atoms with Crippen molar-refractivity contribution in [2.75, 3.05) is 18.4 Å². The maximum atomic E-state index is 12.6. The Balaban J connectivity index is 1.60. The van der Waals surface area contributed by atoms with Crippen LogP contribution in [0.2, 0.25) is 10.0 Å². The van der Waals surface area contributed by atoms with E-state index in [1.807, 2.05) is 0 Å². The molecule has 0 fully saturated rings. The van der Waals surface area contributed by atoms with E-state index in [4.69, 9.17) is 23.2 Å². The number of anilines is 1. The molecule has 0 aliphatic carbocycles. The molecule has 1 heterocycles. The highest BCUT2D eigenvalue weighted by molar-refractivity contribution is 6.43. The van der Waals surface area contributed by atoms with Gasteiger partial charge in [-0.15, -0.1) is 0 Å². The number of amides is 3. The number of fused-ring (bicyclic) bond motifs is 1. The monoisotopic (exact) mass is 450 g/mol. The van der Waals surface area contributed by atoms with Crippen molar-refractivity contribution in [2.24, 2.45) is 0 Å². The second-order valence-electron chi connectivity index (χ2n) is 6.46. The number of rotatable bonds is 7. The summed E-state index contributed by atoms with van der Waals surface area (Å²) in [6.45, 7) is 1.75. The van der Waals surface area contributed by atoms with Crippen molar-refractivity contribution in [3.05, 3.63) is 67.7 Å². The van der Waals surface area contributed by atoms with Crippen molar-refractivity contribution < 1.29 is 19.3 Å². The van der Waals surface area contributed by atoms with Crippen molar-refractivity contribution >= 4 is 52.3 Å². The maximum Gasteiger partial charge on any atom is 0.292 e. The van der Waals surface area contributed by atoms with Gasteiger partial charge in [-0.1, -0.05) is 35.3 Å². The van der Waals surface area contributed by atoms with E-state index in [0.29, 0.717) is 5.69 Å². The molecule has 3 amide bonds. The first-order chi connectivity index (χ1) is 14.2. The molecule has 30 heavy (non-hydrogen) atoms. The highest BCUT2D eigenvalue weighted by Gasteiger charge is 2.41. The third-order valence-corrected chi connectivity index (χ3v) is 5.29. The minimum atomic E-state index is -1.07. The number of halogens is 2. The van der Waals surface area contributed by atoms with Crippen LogP contribution in [-0.4, -0.2) is 46.7 Å². The summed E-state index contributed by atoms with van der Waals surface area (Å²) < 4.78 is 0. The summed E-state index contributed by atoms with van der Waals surface area (Å²) >= 11 is 11.8. The lowest BCUT2D eigenvalue weighted by atomic mass is 10.1. The van der Waals surface area contributed by atoms with Crippen LogP contribution in [0.25, 0.3) is 0 Å². The zero-order valence-electron chi connectivity index (χ0n) is 15.6. The molecule has 0 spiro atoms. The Bertz CT molecular complexity index is 1020. The summed E-state index contributed by atoms with van der Waals surface area (Å²) in [6, 6.07) is 7.66. The predicted molar refractivity (Wildman–Crippen MR) is 111 cm³/mol. The molecule has 0 unspecified atom stereocenters. The average Bonchev–Trinajstić information content (AvgIpc) is 2.95. The van der Waals surface area contributed by atoms with Crippen LogP contribution in [0.5, 0.6) is 0 Å². The molecule has 156 valence electrons. The van der Waals surface area contributed by atoms with Crippen molar-refractivity contribution in [1.82, 2.24) is 10.2 Å². The molecule has 0 aromatic heterocycles. The van der Waals surface area contributed by atoms with E-state index < -0.39 is 28.7 Å². The topological polar surface area (TPSA) is 122 Å². The van der Waals surface area contributed by atoms with Crippen LogP contribution in [0, 0.1) is 10.1 Å². The van der Waals surface area contributed by atoms with Gasteiger partial charge in [0.1, 0.15) is 11.7 Å². The Morgan fingerprint density at radius 3 is 2.23 bits per heavy atom. The summed E-state index contributed by atoms with van der Waals surface area (Å²) in [4.78, 5) is 49.0. The molecule has 2 aromatic carbocycles. The fourth-order valence-electron chi connectivity index (χ4n) is 3.03. The minimum absolute atomic E-state index is 0.0828. The number of carbonyl (C=O) groups is 3. The van der Waals surface area contributed by atoms with E-state index in [1.165, 1.54) is 25.1 Å². The Morgan fingerprint density at radius 2 is 1.67 bits per heavy atom. The molecule has 11 heteroatoms. The molecule has 3 rings (SSSR count). The lowest BCUT2D eigenvalue weighted by Gasteiger charge is -2.21. The zero-order chi connectivity index (χ0) is 22.0. The smallest absolute Gasteiger partial charge is 0.292 e. The Kier molecular flexibility index (Phi) is 6.23. The van der Waals surface area contributed by atoms with Crippen molar-refractivity contribution in [3.63, 3.8) is 0 Å². The third kappa shape index (κ3) is 4.07. The average molecular weight is 451 g/mol. The quantitative estimate of drug-likeness (QED) is 0.289. The molecule has 2 aromatic rings. The van der Waals surface area contributed by atoms with Gasteiger partial charge in [-0.2, -0.15) is 0 Å². The van der Waals surface area contributed by atoms with E-state index in [-0.39, 0.29) is 39.9 Å². The van der Waals surface area contributed by atoms with Gasteiger partial charge in [0, 0.05) is 19.2 Å². The predicted octanol–water partition coefficient (Wildman–Crippen LogP) is 3.11. The van der Waals surface area contributed by atoms with Crippen LogP contribution in [0.15, 0.2) is 36.4 Å². The number of nitro benzene ring substituents is 1. The number of benzene rings is 2. The molecule has 0 radical (unpaired) electrons. The van der Waals surface area contributed by atoms with Gasteiger partial charge in [0.2, 0.25) is 5.91 Å². The summed E-state index contributed by atoms with van der Waals surface area (Å²) in [5, 5.41) is 16.7. The maximum absolute atomic E-state index is 12.6. The highest BCUT2D eigenvalue weighted by atomic mass is 35.5. The van der Waals surface area contributed by atoms with Crippen LogP contribution >= 0.6 is 23.2 Å². The standard InChI is InChI=1S/C19H16Cl2N4O5/c1-10(24-18(27)11-8-13(20)14(21)9-12(11)19(24)28)17(26)23-7-6-22-15-4-2-3-5-16(15)25(29)30/h2-5,8-10,22H,6-7H2,1H3,(H,23,26)/t10-/m0/s1. The van der Waals surface area contributed by atoms with Gasteiger partial charge in [-0.3, -0.25) is 29.4 Å². The minimum Gasteiger partial charge on any atom is -0.378 e. The molecule has 1 aliphatic heterocycles. The summed E-state index contributed by atoms with van der Waals surface area (Å²) in [6.07, 6.45) is 0. The Hall–Kier alpha value is -3.17.